The van der Waals surface area contributed by atoms with Gasteiger partial charge in [0.05, 0.1) is 25.3 Å². The van der Waals surface area contributed by atoms with Gasteiger partial charge in [0, 0.05) is 0 Å². The predicted octanol–water partition coefficient (Wildman–Crippen LogP) is 7.24. The summed E-state index contributed by atoms with van der Waals surface area (Å²) in [5, 5.41) is 24.2. The number of hydrogen-bond acceptors (Lipinski definition) is 3. The Morgan fingerprint density at radius 2 is 0.927 bits per heavy atom. The number of carboxylic acid groups (broad SMARTS) is 1. The molecule has 0 aliphatic rings. The van der Waals surface area contributed by atoms with Crippen LogP contribution in [0.15, 0.2) is 127 Å². The monoisotopic (exact) mass is 538 g/mol. The molecule has 0 bridgehead atoms. The van der Waals surface area contributed by atoms with Gasteiger partial charge in [0.2, 0.25) is 5.91 Å². The van der Waals surface area contributed by atoms with Crippen LogP contribution in [0, 0.1) is 11.3 Å². The second-order valence-electron chi connectivity index (χ2n) is 9.59. The van der Waals surface area contributed by atoms with E-state index in [4.69, 9.17) is 16.1 Å². The number of benzene rings is 6. The van der Waals surface area contributed by atoms with E-state index in [0.717, 1.165) is 32.8 Å². The van der Waals surface area contributed by atoms with Crippen LogP contribution in [0.1, 0.15) is 16.7 Å². The number of carbonyl (C=O) groups excluding carboxylic acids is 1. The Morgan fingerprint density at radius 1 is 0.561 bits per heavy atom. The Balaban J connectivity index is 0.000000142. The summed E-state index contributed by atoms with van der Waals surface area (Å²) in [6.07, 6.45) is 0.889. The first-order valence-electron chi connectivity index (χ1n) is 13.2. The number of hydrogen-bond donors (Lipinski definition) is 2. The van der Waals surface area contributed by atoms with Gasteiger partial charge in [-0.05, 0) is 49.0 Å². The van der Waals surface area contributed by atoms with Crippen LogP contribution in [0.2, 0.25) is 0 Å². The standard InChI is InChI=1S/C12H11NO.C12H9N.C12H10O2/c13-12(14)8-9-5-6-10-3-1-2-4-11(10)7-9;13-8-7-10-5-6-11-3-1-2-4-12(11)9-10;13-12(14)8-9-5-6-10-3-1-2-4-11(10)7-9/h1-7H,8H2,(H2,13,14);1-6,9H,7H2;1-7H,8H2,(H,13,14). The number of carbonyl (C=O) groups is 2. The van der Waals surface area contributed by atoms with Crippen molar-refractivity contribution in [3.8, 4) is 6.07 Å². The number of primary amides is 1. The van der Waals surface area contributed by atoms with E-state index in [-0.39, 0.29) is 12.3 Å². The molecule has 0 saturated carbocycles. The van der Waals surface area contributed by atoms with Crippen LogP contribution in [-0.4, -0.2) is 17.0 Å². The van der Waals surface area contributed by atoms with Crippen molar-refractivity contribution in [3.05, 3.63) is 144 Å². The molecule has 5 heteroatoms. The van der Waals surface area contributed by atoms with Crippen LogP contribution in [0.3, 0.4) is 0 Å². The molecular weight excluding hydrogens is 508 g/mol. The number of fused-ring (bicyclic) bond motifs is 3. The Bertz CT molecular complexity index is 1760. The second kappa shape index (κ2) is 14.1. The molecule has 0 aliphatic carbocycles. The van der Waals surface area contributed by atoms with E-state index in [1.165, 1.54) is 16.2 Å². The largest absolute Gasteiger partial charge is 0.481 e. The summed E-state index contributed by atoms with van der Waals surface area (Å²) < 4.78 is 0. The fourth-order valence-electron chi connectivity index (χ4n) is 4.51. The molecule has 0 aromatic heterocycles. The molecule has 6 aromatic rings. The van der Waals surface area contributed by atoms with E-state index in [9.17, 15) is 9.59 Å². The lowest BCUT2D eigenvalue weighted by molar-refractivity contribution is -0.136. The van der Waals surface area contributed by atoms with Gasteiger partial charge in [-0.25, -0.2) is 0 Å². The van der Waals surface area contributed by atoms with Crippen LogP contribution >= 0.6 is 0 Å². The van der Waals surface area contributed by atoms with Gasteiger partial charge in [0.15, 0.2) is 0 Å². The van der Waals surface area contributed by atoms with Crippen molar-refractivity contribution in [1.29, 1.82) is 5.26 Å². The number of carboxylic acids is 1. The SMILES string of the molecule is N#CCc1ccc2ccccc2c1.NC(=O)Cc1ccc2ccccc2c1.O=C(O)Cc1ccc2ccccc2c1. The Labute approximate surface area is 239 Å². The smallest absolute Gasteiger partial charge is 0.307 e. The number of nitrogens with two attached hydrogens (primary N) is 1. The first-order chi connectivity index (χ1) is 19.9. The van der Waals surface area contributed by atoms with Gasteiger partial charge < -0.3 is 10.8 Å². The van der Waals surface area contributed by atoms with Crippen LogP contribution in [-0.2, 0) is 28.9 Å². The fourth-order valence-corrected chi connectivity index (χ4v) is 4.51. The topological polar surface area (TPSA) is 104 Å². The van der Waals surface area contributed by atoms with E-state index >= 15 is 0 Å². The summed E-state index contributed by atoms with van der Waals surface area (Å²) in [5.74, 6) is -1.08. The molecule has 0 aliphatic heterocycles. The minimum absolute atomic E-state index is 0.0881. The summed E-state index contributed by atoms with van der Waals surface area (Å²) in [7, 11) is 0. The second-order valence-corrected chi connectivity index (χ2v) is 9.59. The summed E-state index contributed by atoms with van der Waals surface area (Å²) in [4.78, 5) is 21.2. The normalized spacial score (nSPS) is 10.1. The van der Waals surface area contributed by atoms with Gasteiger partial charge in [0.25, 0.3) is 0 Å². The summed E-state index contributed by atoms with van der Waals surface area (Å²) in [5.41, 5.74) is 8.03. The quantitative estimate of drug-likeness (QED) is 0.241. The maximum absolute atomic E-state index is 10.7. The van der Waals surface area contributed by atoms with Crippen LogP contribution < -0.4 is 5.73 Å². The molecule has 3 N–H and O–H groups in total. The Kier molecular flexibility index (Phi) is 9.79. The molecule has 41 heavy (non-hydrogen) atoms. The Morgan fingerprint density at radius 3 is 1.32 bits per heavy atom. The molecule has 5 nitrogen and oxygen atoms in total. The molecule has 0 heterocycles. The van der Waals surface area contributed by atoms with Crippen molar-refractivity contribution in [3.63, 3.8) is 0 Å². The van der Waals surface area contributed by atoms with E-state index in [1.54, 1.807) is 0 Å². The molecule has 0 fully saturated rings. The van der Waals surface area contributed by atoms with Crippen LogP contribution in [0.5, 0.6) is 0 Å². The molecule has 0 radical (unpaired) electrons. The summed E-state index contributed by atoms with van der Waals surface area (Å²) >= 11 is 0. The van der Waals surface area contributed by atoms with E-state index in [2.05, 4.69) is 30.3 Å². The van der Waals surface area contributed by atoms with Crippen molar-refractivity contribution in [2.24, 2.45) is 5.73 Å². The van der Waals surface area contributed by atoms with Crippen molar-refractivity contribution in [1.82, 2.24) is 0 Å². The third-order valence-corrected chi connectivity index (χ3v) is 6.46. The average Bonchev–Trinajstić information content (AvgIpc) is 2.97. The summed E-state index contributed by atoms with van der Waals surface area (Å²) in [6.45, 7) is 0. The van der Waals surface area contributed by atoms with Gasteiger partial charge in [-0.3, -0.25) is 9.59 Å². The molecule has 0 spiro atoms. The van der Waals surface area contributed by atoms with Crippen LogP contribution in [0.25, 0.3) is 32.3 Å². The lowest BCUT2D eigenvalue weighted by Crippen LogP contribution is -2.13. The third kappa shape index (κ3) is 8.51. The van der Waals surface area contributed by atoms with Crippen molar-refractivity contribution >= 4 is 44.2 Å². The number of amides is 1. The molecule has 6 aromatic carbocycles. The zero-order valence-corrected chi connectivity index (χ0v) is 22.5. The van der Waals surface area contributed by atoms with E-state index in [0.29, 0.717) is 12.8 Å². The van der Waals surface area contributed by atoms with Crippen molar-refractivity contribution in [2.45, 2.75) is 19.3 Å². The number of nitriles is 1. The Hall–Kier alpha value is -5.47. The minimum atomic E-state index is -0.791. The van der Waals surface area contributed by atoms with Gasteiger partial charge in [-0.1, -0.05) is 127 Å². The summed E-state index contributed by atoms with van der Waals surface area (Å²) in [6, 6.07) is 44.1. The molecule has 202 valence electrons. The molecule has 0 unspecified atom stereocenters. The first-order valence-corrected chi connectivity index (χ1v) is 13.2. The molecule has 0 saturated heterocycles. The highest BCUT2D eigenvalue weighted by atomic mass is 16.4. The van der Waals surface area contributed by atoms with Crippen molar-refractivity contribution < 1.29 is 14.7 Å². The molecular formula is C36H30N2O3. The number of aliphatic carboxylic acids is 1. The number of rotatable bonds is 5. The minimum Gasteiger partial charge on any atom is -0.481 e. The highest BCUT2D eigenvalue weighted by Gasteiger charge is 2.01. The lowest BCUT2D eigenvalue weighted by atomic mass is 10.1. The fraction of sp³-hybridized carbons (Fsp3) is 0.0833. The molecule has 6 rings (SSSR count). The average molecular weight is 539 g/mol. The van der Waals surface area contributed by atoms with Gasteiger partial charge in [-0.15, -0.1) is 0 Å². The maximum atomic E-state index is 10.7. The van der Waals surface area contributed by atoms with Gasteiger partial charge in [-0.2, -0.15) is 5.26 Å². The highest BCUT2D eigenvalue weighted by Crippen LogP contribution is 2.17. The van der Waals surface area contributed by atoms with Crippen molar-refractivity contribution in [2.75, 3.05) is 0 Å². The first kappa shape index (κ1) is 28.5. The molecule has 0 atom stereocenters. The zero-order chi connectivity index (χ0) is 29.0. The van der Waals surface area contributed by atoms with Gasteiger partial charge >= 0.3 is 5.97 Å². The predicted molar refractivity (Wildman–Crippen MR) is 165 cm³/mol. The van der Waals surface area contributed by atoms with E-state index in [1.807, 2.05) is 103 Å². The zero-order valence-electron chi connectivity index (χ0n) is 22.5. The maximum Gasteiger partial charge on any atom is 0.307 e. The molecule has 1 amide bonds. The van der Waals surface area contributed by atoms with Gasteiger partial charge in [0.1, 0.15) is 0 Å². The lowest BCUT2D eigenvalue weighted by Gasteiger charge is -2.00. The third-order valence-electron chi connectivity index (χ3n) is 6.46. The highest BCUT2D eigenvalue weighted by molar-refractivity contribution is 5.86. The van der Waals surface area contributed by atoms with E-state index < -0.39 is 5.97 Å². The van der Waals surface area contributed by atoms with Crippen LogP contribution in [0.4, 0.5) is 0 Å². The number of nitrogens with zero attached hydrogens (tertiary/aromatic N) is 1.